The molecule has 0 saturated heterocycles. The number of rotatable bonds is 8. The molecular formula is C12H21F2NO. The zero-order valence-corrected chi connectivity index (χ0v) is 10.1. The highest BCUT2D eigenvalue weighted by Crippen LogP contribution is 2.09. The third kappa shape index (κ3) is 7.37. The molecule has 4 heteroatoms. The predicted octanol–water partition coefficient (Wildman–Crippen LogP) is 3.24. The Morgan fingerprint density at radius 2 is 1.81 bits per heavy atom. The molecule has 0 aromatic rings. The minimum absolute atomic E-state index is 0.0134. The second kappa shape index (κ2) is 8.25. The predicted molar refractivity (Wildman–Crippen MR) is 61.5 cm³/mol. The van der Waals surface area contributed by atoms with Crippen LogP contribution in [0.2, 0.25) is 0 Å². The summed E-state index contributed by atoms with van der Waals surface area (Å²) >= 11 is 0. The van der Waals surface area contributed by atoms with Crippen molar-refractivity contribution in [3.05, 3.63) is 12.2 Å². The van der Waals surface area contributed by atoms with Gasteiger partial charge in [-0.1, -0.05) is 19.4 Å². The van der Waals surface area contributed by atoms with Crippen LogP contribution >= 0.6 is 0 Å². The van der Waals surface area contributed by atoms with E-state index >= 15 is 0 Å². The van der Waals surface area contributed by atoms with Gasteiger partial charge in [0.2, 0.25) is 12.3 Å². The molecule has 0 bridgehead atoms. The molecule has 0 aromatic carbocycles. The van der Waals surface area contributed by atoms with Crippen molar-refractivity contribution < 1.29 is 13.6 Å². The number of carbonyl (C=O) groups is 1. The molecule has 0 fully saturated rings. The van der Waals surface area contributed by atoms with Crippen molar-refractivity contribution >= 4 is 5.91 Å². The second-order valence-corrected chi connectivity index (χ2v) is 4.10. The number of likely N-dealkylation sites (N-methyl/N-ethyl adjacent to an activating group) is 1. The van der Waals surface area contributed by atoms with Gasteiger partial charge in [-0.05, 0) is 19.8 Å². The van der Waals surface area contributed by atoms with Crippen LogP contribution in [0.5, 0.6) is 0 Å². The van der Waals surface area contributed by atoms with Gasteiger partial charge in [0.1, 0.15) is 0 Å². The van der Waals surface area contributed by atoms with Crippen LogP contribution in [0.25, 0.3) is 0 Å². The lowest BCUT2D eigenvalue weighted by molar-refractivity contribution is -0.125. The Bertz CT molecular complexity index is 229. The lowest BCUT2D eigenvalue weighted by Gasteiger charge is -2.16. The Hall–Kier alpha value is -0.930. The van der Waals surface area contributed by atoms with Crippen molar-refractivity contribution in [1.82, 2.24) is 4.90 Å². The lowest BCUT2D eigenvalue weighted by Crippen LogP contribution is -2.27. The summed E-state index contributed by atoms with van der Waals surface area (Å²) in [7, 11) is 1.73. The number of unbranched alkanes of at least 4 members (excludes halogenated alkanes) is 3. The molecule has 0 atom stereocenters. The summed E-state index contributed by atoms with van der Waals surface area (Å²) in [5.41, 5.74) is 0.528. The summed E-state index contributed by atoms with van der Waals surface area (Å²) in [4.78, 5) is 13.0. The fourth-order valence-electron chi connectivity index (χ4n) is 1.43. The van der Waals surface area contributed by atoms with Gasteiger partial charge in [-0.25, -0.2) is 8.78 Å². The molecule has 0 aliphatic rings. The van der Waals surface area contributed by atoms with E-state index in [4.69, 9.17) is 0 Å². The van der Waals surface area contributed by atoms with Gasteiger partial charge in [0.25, 0.3) is 0 Å². The van der Waals surface area contributed by atoms with E-state index in [2.05, 4.69) is 6.58 Å². The summed E-state index contributed by atoms with van der Waals surface area (Å²) in [5.74, 6) is -0.0485. The normalized spacial score (nSPS) is 10.6. The Morgan fingerprint density at radius 3 is 2.31 bits per heavy atom. The first-order chi connectivity index (χ1) is 7.45. The summed E-state index contributed by atoms with van der Waals surface area (Å²) in [6.45, 7) is 5.93. The molecule has 94 valence electrons. The number of carbonyl (C=O) groups excluding carboxylic acids is 1. The van der Waals surface area contributed by atoms with E-state index < -0.39 is 6.43 Å². The number of amides is 1. The molecule has 0 N–H and O–H groups in total. The summed E-state index contributed by atoms with van der Waals surface area (Å²) in [6, 6.07) is 0. The first kappa shape index (κ1) is 15.1. The van der Waals surface area contributed by atoms with E-state index in [0.717, 1.165) is 19.3 Å². The Kier molecular flexibility index (Phi) is 7.77. The standard InChI is InChI=1S/C12H21F2NO/c1-10(2)12(16)15(3)9-7-5-4-6-8-11(13)14/h11H,1,4-9H2,2-3H3. The molecule has 0 unspecified atom stereocenters. The first-order valence-electron chi connectivity index (χ1n) is 5.64. The van der Waals surface area contributed by atoms with Gasteiger partial charge in [-0.15, -0.1) is 0 Å². The van der Waals surface area contributed by atoms with E-state index in [0.29, 0.717) is 18.5 Å². The van der Waals surface area contributed by atoms with Crippen LogP contribution in [-0.4, -0.2) is 30.8 Å². The Balaban J connectivity index is 3.45. The number of halogens is 2. The van der Waals surface area contributed by atoms with Crippen molar-refractivity contribution in [2.45, 2.75) is 45.5 Å². The third-order valence-electron chi connectivity index (χ3n) is 2.38. The van der Waals surface area contributed by atoms with Gasteiger partial charge in [0.15, 0.2) is 0 Å². The summed E-state index contributed by atoms with van der Waals surface area (Å²) < 4.78 is 23.6. The van der Waals surface area contributed by atoms with Crippen LogP contribution in [0.1, 0.15) is 39.0 Å². The van der Waals surface area contributed by atoms with Crippen molar-refractivity contribution in [2.75, 3.05) is 13.6 Å². The molecule has 1 amide bonds. The zero-order valence-electron chi connectivity index (χ0n) is 10.1. The van der Waals surface area contributed by atoms with Crippen molar-refractivity contribution in [2.24, 2.45) is 0 Å². The number of nitrogens with zero attached hydrogens (tertiary/aromatic N) is 1. The average molecular weight is 233 g/mol. The van der Waals surface area contributed by atoms with Gasteiger partial charge in [-0.2, -0.15) is 0 Å². The van der Waals surface area contributed by atoms with Crippen LogP contribution in [0, 0.1) is 0 Å². The smallest absolute Gasteiger partial charge is 0.248 e. The molecule has 0 aliphatic heterocycles. The minimum Gasteiger partial charge on any atom is -0.342 e. The minimum atomic E-state index is -2.19. The Morgan fingerprint density at radius 1 is 1.25 bits per heavy atom. The highest BCUT2D eigenvalue weighted by atomic mass is 19.3. The average Bonchev–Trinajstić information content (AvgIpc) is 2.21. The zero-order chi connectivity index (χ0) is 12.6. The van der Waals surface area contributed by atoms with Gasteiger partial charge < -0.3 is 4.90 Å². The molecule has 0 rings (SSSR count). The molecule has 0 saturated carbocycles. The molecule has 0 radical (unpaired) electrons. The van der Waals surface area contributed by atoms with Gasteiger partial charge in [0, 0.05) is 25.6 Å². The largest absolute Gasteiger partial charge is 0.342 e. The highest BCUT2D eigenvalue weighted by molar-refractivity contribution is 5.91. The molecule has 2 nitrogen and oxygen atoms in total. The topological polar surface area (TPSA) is 20.3 Å². The van der Waals surface area contributed by atoms with E-state index in [1.165, 1.54) is 0 Å². The summed E-state index contributed by atoms with van der Waals surface area (Å²) in [6.07, 6.45) is 0.919. The van der Waals surface area contributed by atoms with E-state index in [1.54, 1.807) is 18.9 Å². The van der Waals surface area contributed by atoms with E-state index in [-0.39, 0.29) is 12.3 Å². The van der Waals surface area contributed by atoms with Crippen LogP contribution in [-0.2, 0) is 4.79 Å². The number of hydrogen-bond donors (Lipinski definition) is 0. The number of alkyl halides is 2. The maximum Gasteiger partial charge on any atom is 0.248 e. The van der Waals surface area contributed by atoms with Crippen molar-refractivity contribution in [3.8, 4) is 0 Å². The van der Waals surface area contributed by atoms with Crippen molar-refractivity contribution in [3.63, 3.8) is 0 Å². The molecular weight excluding hydrogens is 212 g/mol. The monoisotopic (exact) mass is 233 g/mol. The maximum absolute atomic E-state index is 11.8. The van der Waals surface area contributed by atoms with Crippen LogP contribution in [0.3, 0.4) is 0 Å². The molecule has 0 heterocycles. The van der Waals surface area contributed by atoms with Crippen LogP contribution < -0.4 is 0 Å². The molecule has 0 spiro atoms. The molecule has 16 heavy (non-hydrogen) atoms. The lowest BCUT2D eigenvalue weighted by atomic mass is 10.1. The van der Waals surface area contributed by atoms with Crippen LogP contribution in [0.4, 0.5) is 8.78 Å². The molecule has 0 aromatic heterocycles. The SMILES string of the molecule is C=C(C)C(=O)N(C)CCCCCCC(F)F. The fraction of sp³-hybridized carbons (Fsp3) is 0.750. The summed E-state index contributed by atoms with van der Waals surface area (Å²) in [5, 5.41) is 0. The fourth-order valence-corrected chi connectivity index (χ4v) is 1.43. The Labute approximate surface area is 96.3 Å². The van der Waals surface area contributed by atoms with E-state index in [1.807, 2.05) is 0 Å². The van der Waals surface area contributed by atoms with Crippen molar-refractivity contribution in [1.29, 1.82) is 0 Å². The molecule has 0 aliphatic carbocycles. The van der Waals surface area contributed by atoms with Gasteiger partial charge >= 0.3 is 0 Å². The first-order valence-corrected chi connectivity index (χ1v) is 5.64. The quantitative estimate of drug-likeness (QED) is 0.465. The highest BCUT2D eigenvalue weighted by Gasteiger charge is 2.08. The second-order valence-electron chi connectivity index (χ2n) is 4.10. The number of hydrogen-bond acceptors (Lipinski definition) is 1. The maximum atomic E-state index is 11.8. The third-order valence-corrected chi connectivity index (χ3v) is 2.38. The van der Waals surface area contributed by atoms with Gasteiger partial charge in [0.05, 0.1) is 0 Å². The van der Waals surface area contributed by atoms with Crippen LogP contribution in [0.15, 0.2) is 12.2 Å². The van der Waals surface area contributed by atoms with Gasteiger partial charge in [-0.3, -0.25) is 4.79 Å². The van der Waals surface area contributed by atoms with E-state index in [9.17, 15) is 13.6 Å².